The molecule has 1 N–H and O–H groups in total. The van der Waals surface area contributed by atoms with Gasteiger partial charge in [0, 0.05) is 30.8 Å². The van der Waals surface area contributed by atoms with E-state index in [0.29, 0.717) is 0 Å². The summed E-state index contributed by atoms with van der Waals surface area (Å²) in [5.74, 6) is 0.981. The summed E-state index contributed by atoms with van der Waals surface area (Å²) in [4.78, 5) is 9.15. The minimum absolute atomic E-state index is 0.929. The van der Waals surface area contributed by atoms with Gasteiger partial charge in [0.15, 0.2) is 0 Å². The lowest BCUT2D eigenvalue weighted by Crippen LogP contribution is -2.02. The van der Waals surface area contributed by atoms with Crippen molar-refractivity contribution in [3.05, 3.63) is 73.3 Å². The molecule has 0 atom stereocenters. The molecule has 0 bridgehead atoms. The van der Waals surface area contributed by atoms with Gasteiger partial charge >= 0.3 is 0 Å². The average Bonchev–Trinajstić information content (AvgIpc) is 2.98. The molecule has 0 spiro atoms. The van der Waals surface area contributed by atoms with E-state index in [-0.39, 0.29) is 0 Å². The Bertz CT molecular complexity index is 1100. The van der Waals surface area contributed by atoms with Gasteiger partial charge in [0.1, 0.15) is 17.2 Å². The molecule has 130 valence electrons. The summed E-state index contributed by atoms with van der Waals surface area (Å²) in [6, 6.07) is 14.5. The van der Waals surface area contributed by atoms with E-state index in [2.05, 4.69) is 98.0 Å². The van der Waals surface area contributed by atoms with Crippen LogP contribution in [0.2, 0.25) is 0 Å². The summed E-state index contributed by atoms with van der Waals surface area (Å²) in [5, 5.41) is 3.67. The van der Waals surface area contributed by atoms with Crippen molar-refractivity contribution in [2.24, 2.45) is 0 Å². The highest BCUT2D eigenvalue weighted by molar-refractivity contribution is 14.1. The number of aromatic nitrogens is 3. The summed E-state index contributed by atoms with van der Waals surface area (Å²) >= 11 is 4.69. The molecule has 0 saturated heterocycles. The zero-order valence-corrected chi connectivity index (χ0v) is 18.6. The standard InChI is InChI=1S/C20H16I2N4/c1-12-5-3-7-15(21)18(12)25-20-19(14-9-10-23-11-16(14)22)24-17-8-4-6-13(2)26(17)20/h3-11,25H,1-2H3. The van der Waals surface area contributed by atoms with E-state index in [4.69, 9.17) is 4.98 Å². The first-order valence-electron chi connectivity index (χ1n) is 8.16. The first-order valence-corrected chi connectivity index (χ1v) is 10.3. The second-order valence-corrected chi connectivity index (χ2v) is 8.41. The number of anilines is 2. The fourth-order valence-corrected chi connectivity index (χ4v) is 4.40. The molecule has 3 aromatic heterocycles. The lowest BCUT2D eigenvalue weighted by Gasteiger charge is -2.14. The number of nitrogens with zero attached hydrogens (tertiary/aromatic N) is 3. The number of nitrogens with one attached hydrogen (secondary N) is 1. The van der Waals surface area contributed by atoms with Crippen LogP contribution in [-0.2, 0) is 0 Å². The van der Waals surface area contributed by atoms with Gasteiger partial charge in [-0.1, -0.05) is 18.2 Å². The molecule has 1 aromatic carbocycles. The van der Waals surface area contributed by atoms with Crippen LogP contribution in [0.1, 0.15) is 11.3 Å². The highest BCUT2D eigenvalue weighted by Gasteiger charge is 2.18. The predicted octanol–water partition coefficient (Wildman–Crippen LogP) is 5.97. The molecule has 0 aliphatic heterocycles. The SMILES string of the molecule is Cc1cccc(I)c1Nc1c(-c2ccncc2I)nc2cccc(C)n12. The number of hydrogen-bond acceptors (Lipinski definition) is 3. The molecule has 0 radical (unpaired) electrons. The number of fused-ring (bicyclic) bond motifs is 1. The molecule has 6 heteroatoms. The van der Waals surface area contributed by atoms with Gasteiger partial charge in [-0.2, -0.15) is 0 Å². The first kappa shape index (κ1) is 17.7. The lowest BCUT2D eigenvalue weighted by atomic mass is 10.1. The number of pyridine rings is 2. The van der Waals surface area contributed by atoms with Crippen molar-refractivity contribution < 1.29 is 0 Å². The van der Waals surface area contributed by atoms with Crippen LogP contribution >= 0.6 is 45.2 Å². The second kappa shape index (κ2) is 7.15. The van der Waals surface area contributed by atoms with E-state index >= 15 is 0 Å². The van der Waals surface area contributed by atoms with E-state index in [9.17, 15) is 0 Å². The molecule has 3 heterocycles. The Kier molecular flexibility index (Phi) is 4.87. The summed E-state index contributed by atoms with van der Waals surface area (Å²) in [6.45, 7) is 4.22. The molecule has 4 nitrogen and oxygen atoms in total. The van der Waals surface area contributed by atoms with E-state index in [1.807, 2.05) is 30.6 Å². The topological polar surface area (TPSA) is 42.2 Å². The van der Waals surface area contributed by atoms with Crippen LogP contribution in [0.25, 0.3) is 16.9 Å². The van der Waals surface area contributed by atoms with Gasteiger partial charge in [-0.05, 0) is 88.9 Å². The van der Waals surface area contributed by atoms with Crippen molar-refractivity contribution in [1.29, 1.82) is 0 Å². The van der Waals surface area contributed by atoms with E-state index < -0.39 is 0 Å². The third-order valence-electron chi connectivity index (χ3n) is 4.33. The van der Waals surface area contributed by atoms with Crippen LogP contribution in [0.3, 0.4) is 0 Å². The predicted molar refractivity (Wildman–Crippen MR) is 123 cm³/mol. The molecule has 0 unspecified atom stereocenters. The molecule has 0 aliphatic carbocycles. The zero-order chi connectivity index (χ0) is 18.3. The quantitative estimate of drug-likeness (QED) is 0.311. The van der Waals surface area contributed by atoms with Crippen LogP contribution < -0.4 is 5.32 Å². The number of rotatable bonds is 3. The Morgan fingerprint density at radius 1 is 0.962 bits per heavy atom. The maximum atomic E-state index is 4.93. The van der Waals surface area contributed by atoms with Crippen molar-refractivity contribution in [2.45, 2.75) is 13.8 Å². The highest BCUT2D eigenvalue weighted by atomic mass is 127. The van der Waals surface area contributed by atoms with E-state index in [0.717, 1.165) is 37.7 Å². The Morgan fingerprint density at radius 2 is 1.77 bits per heavy atom. The number of benzene rings is 1. The van der Waals surface area contributed by atoms with Crippen molar-refractivity contribution >= 4 is 62.3 Å². The van der Waals surface area contributed by atoms with Crippen LogP contribution in [0.15, 0.2) is 54.9 Å². The lowest BCUT2D eigenvalue weighted by molar-refractivity contribution is 1.09. The third kappa shape index (κ3) is 3.09. The van der Waals surface area contributed by atoms with Gasteiger partial charge in [0.2, 0.25) is 0 Å². The fourth-order valence-electron chi connectivity index (χ4n) is 3.03. The van der Waals surface area contributed by atoms with Crippen molar-refractivity contribution in [3.63, 3.8) is 0 Å². The average molecular weight is 566 g/mol. The molecule has 4 rings (SSSR count). The van der Waals surface area contributed by atoms with Gasteiger partial charge in [-0.25, -0.2) is 4.98 Å². The van der Waals surface area contributed by atoms with Gasteiger partial charge in [-0.15, -0.1) is 0 Å². The molecule has 0 saturated carbocycles. The van der Waals surface area contributed by atoms with Crippen LogP contribution in [0, 0.1) is 21.0 Å². The summed E-state index contributed by atoms with van der Waals surface area (Å²) in [6.07, 6.45) is 3.68. The normalized spacial score (nSPS) is 11.1. The summed E-state index contributed by atoms with van der Waals surface area (Å²) in [7, 11) is 0. The van der Waals surface area contributed by atoms with Crippen molar-refractivity contribution in [1.82, 2.24) is 14.4 Å². The number of hydrogen-bond donors (Lipinski definition) is 1. The fraction of sp³-hybridized carbons (Fsp3) is 0.100. The van der Waals surface area contributed by atoms with Gasteiger partial charge in [0.05, 0.1) is 5.69 Å². The molecular weight excluding hydrogens is 550 g/mol. The maximum Gasteiger partial charge on any atom is 0.143 e. The largest absolute Gasteiger partial charge is 0.338 e. The Balaban J connectivity index is 2.00. The summed E-state index contributed by atoms with van der Waals surface area (Å²) < 4.78 is 4.43. The van der Waals surface area contributed by atoms with Gasteiger partial charge in [-0.3, -0.25) is 9.38 Å². The number of aryl methyl sites for hydroxylation is 2. The summed E-state index contributed by atoms with van der Waals surface area (Å²) in [5.41, 5.74) is 6.40. The molecule has 4 aromatic rings. The number of imidazole rings is 1. The smallest absolute Gasteiger partial charge is 0.143 e. The number of para-hydroxylation sites is 1. The minimum Gasteiger partial charge on any atom is -0.338 e. The van der Waals surface area contributed by atoms with Crippen LogP contribution in [0.5, 0.6) is 0 Å². The van der Waals surface area contributed by atoms with E-state index in [1.54, 1.807) is 0 Å². The molecule has 0 fully saturated rings. The van der Waals surface area contributed by atoms with Crippen LogP contribution in [-0.4, -0.2) is 14.4 Å². The Hall–Kier alpha value is -1.68. The molecule has 26 heavy (non-hydrogen) atoms. The minimum atomic E-state index is 0.929. The van der Waals surface area contributed by atoms with Gasteiger partial charge in [0.25, 0.3) is 0 Å². The molecule has 0 amide bonds. The molecular formula is C20H16I2N4. The monoisotopic (exact) mass is 566 g/mol. The second-order valence-electron chi connectivity index (χ2n) is 6.08. The van der Waals surface area contributed by atoms with Crippen LogP contribution in [0.4, 0.5) is 11.5 Å². The Labute approximate surface area is 179 Å². The van der Waals surface area contributed by atoms with Gasteiger partial charge < -0.3 is 5.32 Å². The van der Waals surface area contributed by atoms with Crippen molar-refractivity contribution in [3.8, 4) is 11.3 Å². The third-order valence-corrected chi connectivity index (χ3v) is 6.09. The Morgan fingerprint density at radius 3 is 2.54 bits per heavy atom. The first-order chi connectivity index (χ1) is 12.6. The zero-order valence-electron chi connectivity index (χ0n) is 14.3. The molecule has 0 aliphatic rings. The number of halogens is 2. The maximum absolute atomic E-state index is 4.93. The van der Waals surface area contributed by atoms with Crippen molar-refractivity contribution in [2.75, 3.05) is 5.32 Å². The highest BCUT2D eigenvalue weighted by Crippen LogP contribution is 2.36. The van der Waals surface area contributed by atoms with E-state index in [1.165, 1.54) is 9.13 Å².